The highest BCUT2D eigenvalue weighted by atomic mass is 16.4. The van der Waals surface area contributed by atoms with Crippen LogP contribution in [0.2, 0.25) is 0 Å². The number of rotatable bonds is 3. The average molecular weight is 254 g/mol. The first-order chi connectivity index (χ1) is 8.39. The molecule has 1 aliphatic carbocycles. The normalized spacial score (nSPS) is 31.2. The Morgan fingerprint density at radius 1 is 1.17 bits per heavy atom. The average Bonchev–Trinajstić information content (AvgIpc) is 2.92. The molecule has 0 aromatic carbocycles. The molecular formula is C13H22N2O3. The summed E-state index contributed by atoms with van der Waals surface area (Å²) in [7, 11) is 0. The quantitative estimate of drug-likeness (QED) is 0.797. The maximum atomic E-state index is 12.3. The van der Waals surface area contributed by atoms with Crippen molar-refractivity contribution in [1.82, 2.24) is 9.80 Å². The molecule has 5 nitrogen and oxygen atoms in total. The summed E-state index contributed by atoms with van der Waals surface area (Å²) in [6.07, 6.45) is 0. The number of likely N-dealkylation sites (N-methyl/N-ethyl adjacent to an activating group) is 1. The van der Waals surface area contributed by atoms with Gasteiger partial charge in [0.05, 0.1) is 11.8 Å². The molecule has 1 saturated heterocycles. The van der Waals surface area contributed by atoms with E-state index in [9.17, 15) is 9.59 Å². The molecule has 1 amide bonds. The minimum atomic E-state index is -0.842. The fourth-order valence-electron chi connectivity index (χ4n) is 3.04. The molecule has 0 bridgehead atoms. The molecule has 0 radical (unpaired) electrons. The van der Waals surface area contributed by atoms with Gasteiger partial charge in [0, 0.05) is 26.2 Å². The van der Waals surface area contributed by atoms with Crippen molar-refractivity contribution < 1.29 is 14.7 Å². The Morgan fingerprint density at radius 3 is 2.11 bits per heavy atom. The van der Waals surface area contributed by atoms with Crippen LogP contribution in [-0.2, 0) is 9.59 Å². The number of hydrogen-bond acceptors (Lipinski definition) is 3. The molecule has 1 N–H and O–H groups in total. The second-order valence-corrected chi connectivity index (χ2v) is 5.87. The molecule has 102 valence electrons. The first kappa shape index (κ1) is 13.3. The van der Waals surface area contributed by atoms with Crippen LogP contribution in [-0.4, -0.2) is 59.5 Å². The van der Waals surface area contributed by atoms with E-state index in [4.69, 9.17) is 5.11 Å². The van der Waals surface area contributed by atoms with Crippen LogP contribution in [0.3, 0.4) is 0 Å². The number of piperazine rings is 1. The molecule has 0 unspecified atom stereocenters. The lowest BCUT2D eigenvalue weighted by Gasteiger charge is -2.34. The van der Waals surface area contributed by atoms with Gasteiger partial charge in [-0.1, -0.05) is 20.8 Å². The molecule has 2 rings (SSSR count). The zero-order valence-electron chi connectivity index (χ0n) is 11.3. The van der Waals surface area contributed by atoms with Crippen molar-refractivity contribution in [3.05, 3.63) is 0 Å². The summed E-state index contributed by atoms with van der Waals surface area (Å²) in [5, 5.41) is 9.11. The van der Waals surface area contributed by atoms with Gasteiger partial charge >= 0.3 is 5.97 Å². The maximum Gasteiger partial charge on any atom is 0.307 e. The van der Waals surface area contributed by atoms with Gasteiger partial charge in [-0.3, -0.25) is 9.59 Å². The molecule has 0 spiro atoms. The van der Waals surface area contributed by atoms with Crippen molar-refractivity contribution in [3.63, 3.8) is 0 Å². The molecule has 1 aliphatic heterocycles. The smallest absolute Gasteiger partial charge is 0.307 e. The highest BCUT2D eigenvalue weighted by molar-refractivity contribution is 5.91. The highest BCUT2D eigenvalue weighted by Gasteiger charge is 2.66. The second kappa shape index (κ2) is 4.53. The standard InChI is InChI=1S/C13H22N2O3/c1-4-14-5-7-15(8-6-14)11(16)9-10(12(17)18)13(9,2)3/h9-10H,4-8H2,1-3H3,(H,17,18)/t9-,10+/m0/s1. The molecular weight excluding hydrogens is 232 g/mol. The van der Waals surface area contributed by atoms with Gasteiger partial charge in [-0.25, -0.2) is 0 Å². The Labute approximate surface area is 108 Å². The molecule has 2 fully saturated rings. The van der Waals surface area contributed by atoms with Gasteiger partial charge in [0.15, 0.2) is 0 Å². The number of carbonyl (C=O) groups is 2. The minimum absolute atomic E-state index is 0.0307. The number of carbonyl (C=O) groups excluding carboxylic acids is 1. The SMILES string of the molecule is CCN1CCN(C(=O)[C@@H]2[C@H](C(=O)O)C2(C)C)CC1. The lowest BCUT2D eigenvalue weighted by atomic mass is 10.1. The highest BCUT2D eigenvalue weighted by Crippen LogP contribution is 2.59. The number of aliphatic carboxylic acids is 1. The van der Waals surface area contributed by atoms with E-state index in [-0.39, 0.29) is 17.2 Å². The first-order valence-electron chi connectivity index (χ1n) is 6.63. The van der Waals surface area contributed by atoms with E-state index in [1.807, 2.05) is 18.7 Å². The van der Waals surface area contributed by atoms with Gasteiger partial charge in [-0.2, -0.15) is 0 Å². The molecule has 0 aromatic rings. The maximum absolute atomic E-state index is 12.3. The zero-order valence-corrected chi connectivity index (χ0v) is 11.3. The van der Waals surface area contributed by atoms with Crippen LogP contribution in [0.25, 0.3) is 0 Å². The Morgan fingerprint density at radius 2 is 1.72 bits per heavy atom. The number of hydrogen-bond donors (Lipinski definition) is 1. The van der Waals surface area contributed by atoms with Crippen LogP contribution in [0.4, 0.5) is 0 Å². The van der Waals surface area contributed by atoms with Crippen molar-refractivity contribution in [2.45, 2.75) is 20.8 Å². The van der Waals surface area contributed by atoms with Crippen LogP contribution in [0.5, 0.6) is 0 Å². The molecule has 18 heavy (non-hydrogen) atoms. The lowest BCUT2D eigenvalue weighted by molar-refractivity contribution is -0.142. The van der Waals surface area contributed by atoms with Crippen LogP contribution < -0.4 is 0 Å². The van der Waals surface area contributed by atoms with Gasteiger partial charge in [0.1, 0.15) is 0 Å². The van der Waals surface area contributed by atoms with E-state index in [1.165, 1.54) is 0 Å². The molecule has 0 aromatic heterocycles. The summed E-state index contributed by atoms with van der Waals surface area (Å²) < 4.78 is 0. The van der Waals surface area contributed by atoms with E-state index >= 15 is 0 Å². The Balaban J connectivity index is 1.96. The van der Waals surface area contributed by atoms with Gasteiger partial charge in [-0.05, 0) is 12.0 Å². The summed E-state index contributed by atoms with van der Waals surface area (Å²) in [6, 6.07) is 0. The van der Waals surface area contributed by atoms with Crippen molar-refractivity contribution >= 4 is 11.9 Å². The third kappa shape index (κ3) is 2.11. The fraction of sp³-hybridized carbons (Fsp3) is 0.846. The number of carboxylic acids is 1. The van der Waals surface area contributed by atoms with E-state index < -0.39 is 11.9 Å². The number of amides is 1. The zero-order chi connectivity index (χ0) is 13.5. The van der Waals surface area contributed by atoms with Crippen LogP contribution in [0.1, 0.15) is 20.8 Å². The van der Waals surface area contributed by atoms with Crippen LogP contribution in [0, 0.1) is 17.3 Å². The third-order valence-corrected chi connectivity index (χ3v) is 4.49. The molecule has 1 heterocycles. The Hall–Kier alpha value is -1.10. The number of nitrogens with zero attached hydrogens (tertiary/aromatic N) is 2. The van der Waals surface area contributed by atoms with E-state index in [1.54, 1.807) is 0 Å². The summed E-state index contributed by atoms with van der Waals surface area (Å²) in [6.45, 7) is 10.1. The second-order valence-electron chi connectivity index (χ2n) is 5.87. The first-order valence-corrected chi connectivity index (χ1v) is 6.63. The van der Waals surface area contributed by atoms with Crippen molar-refractivity contribution in [1.29, 1.82) is 0 Å². The van der Waals surface area contributed by atoms with Crippen molar-refractivity contribution in [2.24, 2.45) is 17.3 Å². The van der Waals surface area contributed by atoms with Crippen molar-refractivity contribution in [2.75, 3.05) is 32.7 Å². The van der Waals surface area contributed by atoms with E-state index in [2.05, 4.69) is 11.8 Å². The monoisotopic (exact) mass is 254 g/mol. The molecule has 2 atom stereocenters. The van der Waals surface area contributed by atoms with E-state index in [0.717, 1.165) is 32.7 Å². The summed E-state index contributed by atoms with van der Waals surface area (Å²) >= 11 is 0. The summed E-state index contributed by atoms with van der Waals surface area (Å²) in [4.78, 5) is 27.6. The van der Waals surface area contributed by atoms with Gasteiger partial charge < -0.3 is 14.9 Å². The molecule has 1 saturated carbocycles. The topological polar surface area (TPSA) is 60.9 Å². The minimum Gasteiger partial charge on any atom is -0.481 e. The largest absolute Gasteiger partial charge is 0.481 e. The number of carboxylic acid groups (broad SMARTS) is 1. The summed E-state index contributed by atoms with van der Waals surface area (Å²) in [5.74, 6) is -1.65. The van der Waals surface area contributed by atoms with Gasteiger partial charge in [0.2, 0.25) is 5.91 Å². The summed E-state index contributed by atoms with van der Waals surface area (Å²) in [5.41, 5.74) is -0.384. The van der Waals surface area contributed by atoms with Crippen LogP contribution in [0.15, 0.2) is 0 Å². The molecule has 5 heteroatoms. The Bertz CT molecular complexity index is 359. The van der Waals surface area contributed by atoms with Gasteiger partial charge in [0.25, 0.3) is 0 Å². The van der Waals surface area contributed by atoms with Crippen molar-refractivity contribution in [3.8, 4) is 0 Å². The van der Waals surface area contributed by atoms with E-state index in [0.29, 0.717) is 0 Å². The van der Waals surface area contributed by atoms with Crippen LogP contribution >= 0.6 is 0 Å². The molecule has 2 aliphatic rings. The third-order valence-electron chi connectivity index (χ3n) is 4.49. The lowest BCUT2D eigenvalue weighted by Crippen LogP contribution is -2.49. The Kier molecular flexibility index (Phi) is 3.36. The predicted octanol–water partition coefficient (Wildman–Crippen LogP) is 0.507. The fourth-order valence-corrected chi connectivity index (χ4v) is 3.04. The van der Waals surface area contributed by atoms with Gasteiger partial charge in [-0.15, -0.1) is 0 Å². The predicted molar refractivity (Wildman–Crippen MR) is 67.1 cm³/mol.